The van der Waals surface area contributed by atoms with Crippen LogP contribution in [0.4, 0.5) is 5.69 Å². The Bertz CT molecular complexity index is 895. The number of amides is 1. The second-order valence-corrected chi connectivity index (χ2v) is 8.72. The van der Waals surface area contributed by atoms with Crippen LogP contribution in [0, 0.1) is 0 Å². The van der Waals surface area contributed by atoms with E-state index in [1.54, 1.807) is 19.1 Å². The van der Waals surface area contributed by atoms with Gasteiger partial charge in [-0.3, -0.25) is 9.10 Å². The van der Waals surface area contributed by atoms with Crippen LogP contribution in [-0.4, -0.2) is 32.7 Å². The van der Waals surface area contributed by atoms with Gasteiger partial charge < -0.3 is 5.32 Å². The maximum Gasteiger partial charge on any atom is 0.251 e. The normalized spacial score (nSPS) is 16.4. The molecule has 0 aliphatic carbocycles. The molecular weight excluding hydrogens is 348 g/mol. The zero-order valence-corrected chi connectivity index (χ0v) is 15.9. The first-order valence-corrected chi connectivity index (χ1v) is 10.5. The molecule has 0 saturated heterocycles. The van der Waals surface area contributed by atoms with E-state index < -0.39 is 10.0 Å². The average Bonchev–Trinajstić information content (AvgIpc) is 2.98. The molecule has 1 heterocycles. The van der Waals surface area contributed by atoms with Crippen LogP contribution >= 0.6 is 0 Å². The Morgan fingerprint density at radius 2 is 1.92 bits per heavy atom. The molecule has 1 aliphatic heterocycles. The number of rotatable bonds is 6. The van der Waals surface area contributed by atoms with E-state index in [-0.39, 0.29) is 17.7 Å². The highest BCUT2D eigenvalue weighted by Crippen LogP contribution is 2.35. The van der Waals surface area contributed by atoms with Gasteiger partial charge in [-0.15, -0.1) is 0 Å². The maximum absolute atomic E-state index is 12.4. The van der Waals surface area contributed by atoms with Gasteiger partial charge in [-0.25, -0.2) is 8.42 Å². The minimum absolute atomic E-state index is 0.0680. The number of carbonyl (C=O) groups excluding carboxylic acids is 1. The summed E-state index contributed by atoms with van der Waals surface area (Å²) in [6.07, 6.45) is 1.40. The van der Waals surface area contributed by atoms with Crippen molar-refractivity contribution in [2.75, 3.05) is 16.6 Å². The highest BCUT2D eigenvalue weighted by Gasteiger charge is 2.34. The molecule has 0 saturated carbocycles. The number of anilines is 1. The third-order valence-corrected chi connectivity index (χ3v) is 6.59. The molecule has 0 radical (unpaired) electrons. The van der Waals surface area contributed by atoms with E-state index in [9.17, 15) is 13.2 Å². The molecule has 26 heavy (non-hydrogen) atoms. The van der Waals surface area contributed by atoms with Crippen LogP contribution in [0.1, 0.15) is 35.3 Å². The Balaban J connectivity index is 1.69. The topological polar surface area (TPSA) is 66.5 Å². The predicted molar refractivity (Wildman–Crippen MR) is 104 cm³/mol. The molecule has 0 unspecified atom stereocenters. The van der Waals surface area contributed by atoms with E-state index in [0.717, 1.165) is 12.0 Å². The van der Waals surface area contributed by atoms with Crippen molar-refractivity contribution in [1.82, 2.24) is 5.32 Å². The lowest BCUT2D eigenvalue weighted by Crippen LogP contribution is -2.36. The fraction of sp³-hybridized carbons (Fsp3) is 0.350. The smallest absolute Gasteiger partial charge is 0.251 e. The molecule has 2 aromatic carbocycles. The van der Waals surface area contributed by atoms with Gasteiger partial charge in [0.25, 0.3) is 5.91 Å². The first kappa shape index (κ1) is 18.5. The fourth-order valence-electron chi connectivity index (χ4n) is 3.37. The van der Waals surface area contributed by atoms with Gasteiger partial charge in [-0.1, -0.05) is 30.3 Å². The molecule has 1 aliphatic rings. The summed E-state index contributed by atoms with van der Waals surface area (Å²) in [5.41, 5.74) is 3.35. The number of sulfonamides is 1. The number of fused-ring (bicyclic) bond motifs is 1. The number of hydrogen-bond acceptors (Lipinski definition) is 3. The molecule has 0 spiro atoms. The summed E-state index contributed by atoms with van der Waals surface area (Å²) in [7, 11) is -3.31. The van der Waals surface area contributed by atoms with Crippen LogP contribution in [0.2, 0.25) is 0 Å². The summed E-state index contributed by atoms with van der Waals surface area (Å²) in [4.78, 5) is 12.4. The molecule has 138 valence electrons. The zero-order valence-electron chi connectivity index (χ0n) is 15.1. The van der Waals surface area contributed by atoms with Crippen LogP contribution in [0.25, 0.3) is 0 Å². The van der Waals surface area contributed by atoms with Crippen molar-refractivity contribution >= 4 is 21.6 Å². The first-order valence-electron chi connectivity index (χ1n) is 8.89. The highest BCUT2D eigenvalue weighted by molar-refractivity contribution is 7.92. The summed E-state index contributed by atoms with van der Waals surface area (Å²) < 4.78 is 26.1. The third-order valence-electron chi connectivity index (χ3n) is 4.70. The highest BCUT2D eigenvalue weighted by atomic mass is 32.2. The Morgan fingerprint density at radius 1 is 1.19 bits per heavy atom. The maximum atomic E-state index is 12.4. The second kappa shape index (κ2) is 7.50. The van der Waals surface area contributed by atoms with E-state index in [0.29, 0.717) is 24.2 Å². The molecule has 1 amide bonds. The van der Waals surface area contributed by atoms with E-state index in [1.807, 2.05) is 43.3 Å². The van der Waals surface area contributed by atoms with Gasteiger partial charge in [0.1, 0.15) is 0 Å². The standard InChI is InChI=1S/C20H24N2O3S/c1-3-26(24,25)22-15(2)13-18-14-17(9-10-19(18)22)20(23)21-12-11-16-7-5-4-6-8-16/h4-10,14-15H,3,11-13H2,1-2H3,(H,21,23)/t15-/m0/s1. The van der Waals surface area contributed by atoms with Crippen LogP contribution in [0.5, 0.6) is 0 Å². The molecule has 0 bridgehead atoms. The van der Waals surface area contributed by atoms with Crippen molar-refractivity contribution in [3.63, 3.8) is 0 Å². The van der Waals surface area contributed by atoms with Crippen LogP contribution < -0.4 is 9.62 Å². The largest absolute Gasteiger partial charge is 0.352 e. The van der Waals surface area contributed by atoms with Crippen molar-refractivity contribution in [3.05, 3.63) is 65.2 Å². The molecule has 5 nitrogen and oxygen atoms in total. The summed E-state index contributed by atoms with van der Waals surface area (Å²) in [5.74, 6) is -0.0634. The van der Waals surface area contributed by atoms with Crippen molar-refractivity contribution < 1.29 is 13.2 Å². The molecule has 1 atom stereocenters. The number of nitrogens with zero attached hydrogens (tertiary/aromatic N) is 1. The number of benzene rings is 2. The SMILES string of the molecule is CCS(=O)(=O)N1c2ccc(C(=O)NCCc3ccccc3)cc2C[C@@H]1C. The lowest BCUT2D eigenvalue weighted by molar-refractivity contribution is 0.0954. The second-order valence-electron chi connectivity index (χ2n) is 6.58. The number of hydrogen-bond donors (Lipinski definition) is 1. The van der Waals surface area contributed by atoms with E-state index in [4.69, 9.17) is 0 Å². The molecule has 0 aromatic heterocycles. The van der Waals surface area contributed by atoms with E-state index in [2.05, 4.69) is 5.32 Å². The summed E-state index contributed by atoms with van der Waals surface area (Å²) >= 11 is 0. The molecule has 3 rings (SSSR count). The van der Waals surface area contributed by atoms with Gasteiger partial charge in [0, 0.05) is 18.2 Å². The van der Waals surface area contributed by atoms with Gasteiger partial charge in [0.2, 0.25) is 10.0 Å². The Morgan fingerprint density at radius 3 is 2.62 bits per heavy atom. The molecule has 0 fully saturated rings. The lowest BCUT2D eigenvalue weighted by atomic mass is 10.1. The van der Waals surface area contributed by atoms with Gasteiger partial charge in [0.05, 0.1) is 11.4 Å². The van der Waals surface area contributed by atoms with Gasteiger partial charge in [0.15, 0.2) is 0 Å². The Hall–Kier alpha value is -2.34. The van der Waals surface area contributed by atoms with Crippen molar-refractivity contribution in [1.29, 1.82) is 0 Å². The minimum atomic E-state index is -3.31. The van der Waals surface area contributed by atoms with Crippen LogP contribution in [-0.2, 0) is 22.9 Å². The van der Waals surface area contributed by atoms with Gasteiger partial charge >= 0.3 is 0 Å². The molecule has 1 N–H and O–H groups in total. The van der Waals surface area contributed by atoms with Gasteiger partial charge in [-0.05, 0) is 56.0 Å². The average molecular weight is 372 g/mol. The van der Waals surface area contributed by atoms with Crippen LogP contribution in [0.3, 0.4) is 0 Å². The minimum Gasteiger partial charge on any atom is -0.352 e. The molecule has 6 heteroatoms. The zero-order chi connectivity index (χ0) is 18.7. The summed E-state index contributed by atoms with van der Waals surface area (Å²) in [6.45, 7) is 4.11. The monoisotopic (exact) mass is 372 g/mol. The lowest BCUT2D eigenvalue weighted by Gasteiger charge is -2.23. The van der Waals surface area contributed by atoms with Crippen molar-refractivity contribution in [2.45, 2.75) is 32.7 Å². The van der Waals surface area contributed by atoms with Crippen LogP contribution in [0.15, 0.2) is 48.5 Å². The molecule has 2 aromatic rings. The summed E-state index contributed by atoms with van der Waals surface area (Å²) in [5, 5.41) is 2.93. The quantitative estimate of drug-likeness (QED) is 0.848. The summed E-state index contributed by atoms with van der Waals surface area (Å²) in [6, 6.07) is 15.1. The van der Waals surface area contributed by atoms with Crippen molar-refractivity contribution in [3.8, 4) is 0 Å². The molecular formula is C20H24N2O3S. The number of nitrogens with one attached hydrogen (secondary N) is 1. The predicted octanol–water partition coefficient (Wildman–Crippen LogP) is 2.76. The first-order chi connectivity index (χ1) is 12.4. The Labute approximate surface area is 155 Å². The van der Waals surface area contributed by atoms with E-state index in [1.165, 1.54) is 9.87 Å². The third kappa shape index (κ3) is 3.75. The van der Waals surface area contributed by atoms with Gasteiger partial charge in [-0.2, -0.15) is 0 Å². The van der Waals surface area contributed by atoms with E-state index >= 15 is 0 Å². The number of carbonyl (C=O) groups is 1. The Kier molecular flexibility index (Phi) is 5.32. The fourth-order valence-corrected chi connectivity index (χ4v) is 4.75. The van der Waals surface area contributed by atoms with Crippen molar-refractivity contribution in [2.24, 2.45) is 0 Å².